The quantitative estimate of drug-likeness (QED) is 0.328. The molecule has 3 aromatic rings. The molecule has 1 aliphatic carbocycles. The van der Waals surface area contributed by atoms with Gasteiger partial charge in [-0.1, -0.05) is 36.4 Å². The number of carbonyl (C=O) groups is 2. The number of hydrogen-bond acceptors (Lipinski definition) is 5. The van der Waals surface area contributed by atoms with Crippen LogP contribution in [-0.4, -0.2) is 11.6 Å². The summed E-state index contributed by atoms with van der Waals surface area (Å²) >= 11 is 7.64. The largest absolute Gasteiger partial charge is 0.287 e. The van der Waals surface area contributed by atoms with Crippen LogP contribution in [0.2, 0.25) is 0 Å². The maximum atomic E-state index is 11.4. The summed E-state index contributed by atoms with van der Waals surface area (Å²) in [5.74, 6) is -1.31. The first-order chi connectivity index (χ1) is 13.8. The van der Waals surface area contributed by atoms with Gasteiger partial charge in [0.15, 0.2) is 0 Å². The maximum absolute atomic E-state index is 11.4. The van der Waals surface area contributed by atoms with Crippen LogP contribution in [-0.2, 0) is 9.59 Å². The summed E-state index contributed by atoms with van der Waals surface area (Å²) in [7, 11) is 0. The van der Waals surface area contributed by atoms with E-state index in [1.54, 1.807) is 0 Å². The Labute approximate surface area is 188 Å². The lowest BCUT2D eigenvalue weighted by atomic mass is 9.97. The molecule has 0 saturated carbocycles. The summed E-state index contributed by atoms with van der Waals surface area (Å²) < 4.78 is 2.81. The Balaban J connectivity index is 0.000000166. The van der Waals surface area contributed by atoms with Crippen LogP contribution >= 0.6 is 43.2 Å². The zero-order chi connectivity index (χ0) is 21.3. The number of fused-ring (bicyclic) bond motifs is 3. The molecule has 4 rings (SSSR count). The van der Waals surface area contributed by atoms with Crippen molar-refractivity contribution in [3.05, 3.63) is 67.6 Å². The molecular weight excluding hydrogens is 516 g/mol. The highest BCUT2D eigenvalue weighted by molar-refractivity contribution is 9.14. The van der Waals surface area contributed by atoms with Gasteiger partial charge in [-0.15, -0.1) is 11.3 Å². The Morgan fingerprint density at radius 2 is 1.14 bits per heavy atom. The minimum Gasteiger partial charge on any atom is -0.287 e. The van der Waals surface area contributed by atoms with Gasteiger partial charge in [0.2, 0.25) is 11.6 Å². The van der Waals surface area contributed by atoms with E-state index in [1.807, 2.05) is 11.3 Å². The Bertz CT molecular complexity index is 1250. The Kier molecular flexibility index (Phi) is 6.14. The van der Waals surface area contributed by atoms with Crippen LogP contribution in [0.4, 0.5) is 0 Å². The number of nitrogens with zero attached hydrogens (tertiary/aromatic N) is 2. The third-order valence-electron chi connectivity index (χ3n) is 4.44. The van der Waals surface area contributed by atoms with E-state index in [0.717, 1.165) is 0 Å². The van der Waals surface area contributed by atoms with Crippen LogP contribution in [0.5, 0.6) is 0 Å². The average molecular weight is 528 g/mol. The van der Waals surface area contributed by atoms with Crippen LogP contribution in [0.15, 0.2) is 56.5 Å². The van der Waals surface area contributed by atoms with E-state index >= 15 is 0 Å². The molecule has 2 aromatic carbocycles. The summed E-state index contributed by atoms with van der Waals surface area (Å²) in [6.07, 6.45) is 0. The molecular formula is C22H12Br2N2O2S. The summed E-state index contributed by atoms with van der Waals surface area (Å²) in [6.45, 7) is 4.38. The smallest absolute Gasteiger partial charge is 0.213 e. The molecule has 0 fully saturated rings. The molecule has 0 amide bonds. The van der Waals surface area contributed by atoms with Gasteiger partial charge >= 0.3 is 0 Å². The van der Waals surface area contributed by atoms with Gasteiger partial charge in [-0.05, 0) is 56.8 Å². The molecule has 0 aliphatic heterocycles. The first kappa shape index (κ1) is 21.1. The average Bonchev–Trinajstić information content (AvgIpc) is 3.11. The highest BCUT2D eigenvalue weighted by atomic mass is 79.9. The van der Waals surface area contributed by atoms with E-state index in [9.17, 15) is 9.59 Å². The molecule has 0 N–H and O–H groups in total. The Morgan fingerprint density at radius 1 is 0.759 bits per heavy atom. The first-order valence-corrected chi connectivity index (χ1v) is 10.8. The van der Waals surface area contributed by atoms with Gasteiger partial charge in [0.1, 0.15) is 23.3 Å². The highest BCUT2D eigenvalue weighted by Gasteiger charge is 2.32. The maximum Gasteiger partial charge on any atom is 0.213 e. The van der Waals surface area contributed by atoms with Crippen molar-refractivity contribution in [1.29, 1.82) is 10.5 Å². The molecule has 0 radical (unpaired) electrons. The molecule has 1 aromatic heterocycles. The molecule has 4 nitrogen and oxygen atoms in total. The predicted octanol–water partition coefficient (Wildman–Crippen LogP) is 6.15. The number of thiophene rings is 1. The second-order valence-corrected chi connectivity index (χ2v) is 8.87. The fourth-order valence-corrected chi connectivity index (χ4v) is 4.96. The van der Waals surface area contributed by atoms with Crippen LogP contribution in [0, 0.1) is 36.5 Å². The summed E-state index contributed by atoms with van der Waals surface area (Å²) in [5, 5.41) is 20.0. The minimum absolute atomic E-state index is 0.0296. The van der Waals surface area contributed by atoms with Crippen molar-refractivity contribution in [2.45, 2.75) is 13.8 Å². The predicted molar refractivity (Wildman–Crippen MR) is 122 cm³/mol. The van der Waals surface area contributed by atoms with Gasteiger partial charge in [0, 0.05) is 20.2 Å². The van der Waals surface area contributed by atoms with E-state index in [4.69, 9.17) is 10.5 Å². The monoisotopic (exact) mass is 526 g/mol. The number of carbonyl (C=O) groups excluding carboxylic acids is 2. The zero-order valence-electron chi connectivity index (χ0n) is 15.3. The van der Waals surface area contributed by atoms with Gasteiger partial charge in [-0.2, -0.15) is 10.5 Å². The molecule has 142 valence electrons. The minimum atomic E-state index is -0.657. The van der Waals surface area contributed by atoms with Crippen molar-refractivity contribution < 1.29 is 9.59 Å². The van der Waals surface area contributed by atoms with E-state index in [0.29, 0.717) is 0 Å². The molecule has 0 saturated heterocycles. The summed E-state index contributed by atoms with van der Waals surface area (Å²) in [4.78, 5) is 22.7. The molecule has 1 heterocycles. The number of hydrogen-bond donors (Lipinski definition) is 0. The van der Waals surface area contributed by atoms with Crippen molar-refractivity contribution in [3.63, 3.8) is 0 Å². The number of allylic oxidation sites excluding steroid dienone is 4. The van der Waals surface area contributed by atoms with Crippen LogP contribution in [0.1, 0.15) is 11.1 Å². The third-order valence-corrected chi connectivity index (χ3v) is 7.97. The summed E-state index contributed by atoms with van der Waals surface area (Å²) in [5.41, 5.74) is 1.92. The van der Waals surface area contributed by atoms with Crippen molar-refractivity contribution in [3.8, 4) is 12.1 Å². The first-order valence-electron chi connectivity index (χ1n) is 8.38. The van der Waals surface area contributed by atoms with E-state index in [2.05, 4.69) is 82.1 Å². The fourth-order valence-electron chi connectivity index (χ4n) is 2.96. The number of ketones is 2. The lowest BCUT2D eigenvalue weighted by Crippen LogP contribution is -2.18. The standard InChI is InChI=1S/C14H12S.C8Br2N2O2/c1-9-5-3-7-11-12-8-4-6-10(2)14(12)15-13(9)11;9-5-6(10)8(14)4(2-12)3(1-11)7(5)13/h3-8H,1-2H3;. The van der Waals surface area contributed by atoms with Gasteiger partial charge < -0.3 is 0 Å². The van der Waals surface area contributed by atoms with Crippen LogP contribution < -0.4 is 0 Å². The Hall–Kier alpha value is -2.58. The van der Waals surface area contributed by atoms with Crippen molar-refractivity contribution in [2.75, 3.05) is 0 Å². The normalized spacial score (nSPS) is 14.0. The summed E-state index contributed by atoms with van der Waals surface area (Å²) in [6, 6.07) is 16.2. The molecule has 29 heavy (non-hydrogen) atoms. The van der Waals surface area contributed by atoms with Gasteiger partial charge in [0.05, 0.1) is 8.96 Å². The van der Waals surface area contributed by atoms with E-state index in [1.165, 1.54) is 43.4 Å². The number of benzene rings is 2. The topological polar surface area (TPSA) is 81.7 Å². The second-order valence-electron chi connectivity index (χ2n) is 6.27. The number of nitriles is 2. The van der Waals surface area contributed by atoms with Crippen LogP contribution in [0.25, 0.3) is 20.2 Å². The second kappa shape index (κ2) is 8.42. The Morgan fingerprint density at radius 3 is 1.48 bits per heavy atom. The SMILES string of the molecule is Cc1cccc2c1sc1c(C)cccc12.N#CC1=C(C#N)C(=O)C(Br)=C(Br)C1=O. The lowest BCUT2D eigenvalue weighted by molar-refractivity contribution is -0.115. The molecule has 0 spiro atoms. The molecule has 0 bridgehead atoms. The van der Waals surface area contributed by atoms with E-state index in [-0.39, 0.29) is 8.96 Å². The number of rotatable bonds is 0. The zero-order valence-corrected chi connectivity index (χ0v) is 19.3. The fraction of sp³-hybridized carbons (Fsp3) is 0.0909. The molecule has 0 atom stereocenters. The number of aryl methyl sites for hydroxylation is 2. The number of Topliss-reactive ketones (excluding diaryl/α,β-unsaturated/α-hetero) is 2. The van der Waals surface area contributed by atoms with Gasteiger partial charge in [-0.25, -0.2) is 0 Å². The van der Waals surface area contributed by atoms with Gasteiger partial charge in [-0.3, -0.25) is 9.59 Å². The lowest BCUT2D eigenvalue weighted by Gasteiger charge is -2.09. The molecule has 1 aliphatic rings. The van der Waals surface area contributed by atoms with Crippen molar-refractivity contribution >= 4 is 74.9 Å². The van der Waals surface area contributed by atoms with Gasteiger partial charge in [0.25, 0.3) is 0 Å². The molecule has 0 unspecified atom stereocenters. The van der Waals surface area contributed by atoms with Crippen molar-refractivity contribution in [1.82, 2.24) is 0 Å². The van der Waals surface area contributed by atoms with Crippen molar-refractivity contribution in [2.24, 2.45) is 0 Å². The third kappa shape index (κ3) is 3.70. The highest BCUT2D eigenvalue weighted by Crippen LogP contribution is 2.37. The van der Waals surface area contributed by atoms with E-state index < -0.39 is 22.7 Å². The van der Waals surface area contributed by atoms with Crippen LogP contribution in [0.3, 0.4) is 0 Å². The molecule has 7 heteroatoms. The number of halogens is 2.